The Morgan fingerprint density at radius 1 is 1.36 bits per heavy atom. The molecule has 2 N–H and O–H groups in total. The van der Waals surface area contributed by atoms with Gasteiger partial charge in [0.25, 0.3) is 0 Å². The van der Waals surface area contributed by atoms with Crippen LogP contribution in [-0.2, 0) is 13.1 Å². The van der Waals surface area contributed by atoms with Crippen molar-refractivity contribution >= 4 is 29.0 Å². The zero-order chi connectivity index (χ0) is 20.0. The van der Waals surface area contributed by atoms with Crippen LogP contribution in [0.4, 0.5) is 20.6 Å². The lowest BCUT2D eigenvalue weighted by Crippen LogP contribution is -2.47. The number of aliphatic hydroxyl groups excluding tert-OH is 1. The third-order valence-corrected chi connectivity index (χ3v) is 5.73. The number of nitrogens with one attached hydrogen (secondary N) is 1. The monoisotopic (exact) mass is 407 g/mol. The molecule has 2 aliphatic heterocycles. The van der Waals surface area contributed by atoms with Crippen LogP contribution < -0.4 is 10.2 Å². The number of benzene rings is 1. The number of carbonyl (C=O) groups excluding carboxylic acids is 1. The van der Waals surface area contributed by atoms with Crippen molar-refractivity contribution < 1.29 is 14.3 Å². The molecule has 9 heteroatoms. The van der Waals surface area contributed by atoms with Gasteiger partial charge in [0.2, 0.25) is 0 Å². The second kappa shape index (κ2) is 7.25. The van der Waals surface area contributed by atoms with Gasteiger partial charge in [-0.1, -0.05) is 18.5 Å². The summed E-state index contributed by atoms with van der Waals surface area (Å²) in [5.41, 5.74) is 2.21. The topological polar surface area (TPSA) is 73.6 Å². The molecule has 2 aliphatic rings. The van der Waals surface area contributed by atoms with Crippen molar-refractivity contribution in [1.82, 2.24) is 14.7 Å². The summed E-state index contributed by atoms with van der Waals surface area (Å²) in [5, 5.41) is 17.6. The number of halogens is 2. The Hall–Kier alpha value is -2.32. The van der Waals surface area contributed by atoms with E-state index < -0.39 is 12.0 Å². The lowest BCUT2D eigenvalue weighted by atomic mass is 10.1. The molecule has 150 valence electrons. The number of aliphatic hydroxyl groups is 1. The number of rotatable bonds is 2. The van der Waals surface area contributed by atoms with Crippen LogP contribution in [-0.4, -0.2) is 44.6 Å². The summed E-state index contributed by atoms with van der Waals surface area (Å²) in [6.07, 6.45) is 1.95. The third kappa shape index (κ3) is 3.42. The van der Waals surface area contributed by atoms with Crippen LogP contribution in [0.25, 0.3) is 0 Å². The van der Waals surface area contributed by atoms with Gasteiger partial charge in [0, 0.05) is 12.2 Å². The summed E-state index contributed by atoms with van der Waals surface area (Å²) in [7, 11) is 0. The molecule has 2 aromatic rings. The van der Waals surface area contributed by atoms with Crippen molar-refractivity contribution in [1.29, 1.82) is 0 Å². The highest BCUT2D eigenvalue weighted by molar-refractivity contribution is 6.31. The molecule has 0 saturated carbocycles. The van der Waals surface area contributed by atoms with Crippen LogP contribution in [0.5, 0.6) is 0 Å². The zero-order valence-corrected chi connectivity index (χ0v) is 16.5. The van der Waals surface area contributed by atoms with Crippen LogP contribution in [0, 0.1) is 11.7 Å². The molecule has 3 atom stereocenters. The molecule has 0 bridgehead atoms. The average Bonchev–Trinajstić information content (AvgIpc) is 3.19. The van der Waals surface area contributed by atoms with Gasteiger partial charge in [-0.05, 0) is 37.5 Å². The molecule has 3 heterocycles. The maximum atomic E-state index is 13.3. The minimum absolute atomic E-state index is 0.0398. The zero-order valence-electron chi connectivity index (χ0n) is 15.8. The summed E-state index contributed by atoms with van der Waals surface area (Å²) >= 11 is 5.80. The molecular weight excluding hydrogens is 385 g/mol. The van der Waals surface area contributed by atoms with Gasteiger partial charge in [0.15, 0.2) is 0 Å². The molecule has 4 rings (SSSR count). The molecule has 28 heavy (non-hydrogen) atoms. The fraction of sp³-hybridized carbons (Fsp3) is 0.474. The molecule has 1 aromatic heterocycles. The van der Waals surface area contributed by atoms with Crippen molar-refractivity contribution in [3.63, 3.8) is 0 Å². The number of anilines is 2. The molecule has 1 fully saturated rings. The van der Waals surface area contributed by atoms with Crippen LogP contribution >= 0.6 is 11.6 Å². The molecule has 0 spiro atoms. The van der Waals surface area contributed by atoms with E-state index in [0.29, 0.717) is 24.7 Å². The van der Waals surface area contributed by atoms with Crippen molar-refractivity contribution in [2.75, 3.05) is 16.8 Å². The molecule has 1 saturated heterocycles. The number of carbonyl (C=O) groups is 1. The lowest BCUT2D eigenvalue weighted by Gasteiger charge is -2.35. The first kappa shape index (κ1) is 19.0. The predicted octanol–water partition coefficient (Wildman–Crippen LogP) is 3.28. The molecule has 2 amide bonds. The SMILES string of the molecule is CC1CC(O)N(c2cnn3c2CN(C(=O)Nc2ccc(F)c(Cl)c2)[C@@H](C)C3)C1. The van der Waals surface area contributed by atoms with E-state index in [0.717, 1.165) is 24.3 Å². The van der Waals surface area contributed by atoms with Crippen molar-refractivity contribution in [2.45, 2.75) is 45.6 Å². The quantitative estimate of drug-likeness (QED) is 0.801. The maximum absolute atomic E-state index is 13.3. The highest BCUT2D eigenvalue weighted by Crippen LogP contribution is 2.33. The van der Waals surface area contributed by atoms with E-state index in [1.807, 2.05) is 16.5 Å². The van der Waals surface area contributed by atoms with Gasteiger partial charge in [-0.25, -0.2) is 9.18 Å². The van der Waals surface area contributed by atoms with E-state index in [4.69, 9.17) is 11.6 Å². The summed E-state index contributed by atoms with van der Waals surface area (Å²) in [4.78, 5) is 16.5. The van der Waals surface area contributed by atoms with Crippen LogP contribution in [0.3, 0.4) is 0 Å². The average molecular weight is 408 g/mol. The van der Waals surface area contributed by atoms with Crippen molar-refractivity contribution in [2.24, 2.45) is 5.92 Å². The number of urea groups is 1. The fourth-order valence-corrected chi connectivity index (χ4v) is 4.13. The Morgan fingerprint density at radius 3 is 2.82 bits per heavy atom. The van der Waals surface area contributed by atoms with Gasteiger partial charge in [-0.15, -0.1) is 0 Å². The standard InChI is InChI=1S/C19H23ClFN5O2/c1-11-5-18(27)25(8-11)16-7-22-26-9-12(2)24(10-17(16)26)19(28)23-13-3-4-15(21)14(20)6-13/h3-4,6-7,11-12,18,27H,5,8-10H2,1-2H3,(H,23,28)/t11?,12-,18?/m0/s1. The molecule has 0 radical (unpaired) electrons. The Kier molecular flexibility index (Phi) is 4.93. The molecule has 0 aliphatic carbocycles. The fourth-order valence-electron chi connectivity index (χ4n) is 3.95. The lowest BCUT2D eigenvalue weighted by molar-refractivity contribution is 0.160. The van der Waals surface area contributed by atoms with Gasteiger partial charge in [-0.3, -0.25) is 4.68 Å². The number of amides is 2. The summed E-state index contributed by atoms with van der Waals surface area (Å²) in [6, 6.07) is 3.73. The Labute approximate surface area is 167 Å². The van der Waals surface area contributed by atoms with E-state index >= 15 is 0 Å². The highest BCUT2D eigenvalue weighted by Gasteiger charge is 2.35. The van der Waals surface area contributed by atoms with Crippen molar-refractivity contribution in [3.8, 4) is 0 Å². The first-order valence-corrected chi connectivity index (χ1v) is 9.73. The van der Waals surface area contributed by atoms with E-state index in [9.17, 15) is 14.3 Å². The second-order valence-electron chi connectivity index (χ2n) is 7.67. The first-order chi connectivity index (χ1) is 13.3. The molecule has 1 aromatic carbocycles. The van der Waals surface area contributed by atoms with E-state index in [1.165, 1.54) is 18.2 Å². The summed E-state index contributed by atoms with van der Waals surface area (Å²) < 4.78 is 15.2. The van der Waals surface area contributed by atoms with Crippen molar-refractivity contribution in [3.05, 3.63) is 40.9 Å². The largest absolute Gasteiger partial charge is 0.374 e. The number of fused-ring (bicyclic) bond motifs is 1. The van der Waals surface area contributed by atoms with Gasteiger partial charge < -0.3 is 20.2 Å². The Bertz CT molecular complexity index is 904. The Morgan fingerprint density at radius 2 is 2.14 bits per heavy atom. The number of hydrogen-bond donors (Lipinski definition) is 2. The third-order valence-electron chi connectivity index (χ3n) is 5.44. The van der Waals surface area contributed by atoms with Crippen LogP contribution in [0.1, 0.15) is 26.0 Å². The van der Waals surface area contributed by atoms with E-state index in [-0.39, 0.29) is 17.1 Å². The van der Waals surface area contributed by atoms with Crippen LogP contribution in [0.15, 0.2) is 24.4 Å². The number of nitrogens with zero attached hydrogens (tertiary/aromatic N) is 4. The van der Waals surface area contributed by atoms with Gasteiger partial charge >= 0.3 is 6.03 Å². The smallest absolute Gasteiger partial charge is 0.322 e. The van der Waals surface area contributed by atoms with Gasteiger partial charge in [-0.2, -0.15) is 5.10 Å². The highest BCUT2D eigenvalue weighted by atomic mass is 35.5. The van der Waals surface area contributed by atoms with Gasteiger partial charge in [0.05, 0.1) is 41.7 Å². The minimum atomic E-state index is -0.535. The maximum Gasteiger partial charge on any atom is 0.322 e. The predicted molar refractivity (Wildman–Crippen MR) is 105 cm³/mol. The van der Waals surface area contributed by atoms with Crippen LogP contribution in [0.2, 0.25) is 5.02 Å². The number of aromatic nitrogens is 2. The van der Waals surface area contributed by atoms with E-state index in [1.54, 1.807) is 11.1 Å². The summed E-state index contributed by atoms with van der Waals surface area (Å²) in [6.45, 7) is 5.75. The Balaban J connectivity index is 1.54. The normalized spacial score (nSPS) is 24.4. The summed E-state index contributed by atoms with van der Waals surface area (Å²) in [5.74, 6) is -0.131. The number of hydrogen-bond acceptors (Lipinski definition) is 4. The molecule has 7 nitrogen and oxygen atoms in total. The molecule has 2 unspecified atom stereocenters. The van der Waals surface area contributed by atoms with E-state index in [2.05, 4.69) is 17.3 Å². The van der Waals surface area contributed by atoms with Gasteiger partial charge in [0.1, 0.15) is 12.0 Å². The minimum Gasteiger partial charge on any atom is -0.374 e. The first-order valence-electron chi connectivity index (χ1n) is 9.35. The molecular formula is C19H23ClFN5O2. The second-order valence-corrected chi connectivity index (χ2v) is 8.08.